The van der Waals surface area contributed by atoms with Crippen LogP contribution >= 0.6 is 15.9 Å². The third-order valence-electron chi connectivity index (χ3n) is 2.98. The van der Waals surface area contributed by atoms with E-state index in [4.69, 9.17) is 5.26 Å². The molecule has 1 amide bonds. The van der Waals surface area contributed by atoms with Gasteiger partial charge in [0.1, 0.15) is 11.2 Å². The van der Waals surface area contributed by atoms with Crippen molar-refractivity contribution in [3.63, 3.8) is 0 Å². The number of carbonyl (C=O) groups is 1. The molecule has 1 fully saturated rings. The van der Waals surface area contributed by atoms with Gasteiger partial charge in [-0.2, -0.15) is 5.26 Å². The van der Waals surface area contributed by atoms with Gasteiger partial charge in [-0.05, 0) is 41.3 Å². The molecule has 0 radical (unpaired) electrons. The van der Waals surface area contributed by atoms with Crippen molar-refractivity contribution in [1.82, 2.24) is 9.88 Å². The normalized spacial score (nSPS) is 17.3. The van der Waals surface area contributed by atoms with Crippen LogP contribution in [-0.2, 0) is 7.05 Å². The van der Waals surface area contributed by atoms with E-state index in [-0.39, 0.29) is 5.91 Å². The lowest BCUT2D eigenvalue weighted by atomic mass is 9.78. The largest absolute Gasteiger partial charge is 0.345 e. The first-order valence-electron chi connectivity index (χ1n) is 5.12. The van der Waals surface area contributed by atoms with Gasteiger partial charge in [-0.15, -0.1) is 0 Å². The molecule has 0 spiro atoms. The van der Waals surface area contributed by atoms with Gasteiger partial charge in [0, 0.05) is 17.7 Å². The Kier molecular flexibility index (Phi) is 2.76. The molecule has 5 heteroatoms. The number of rotatable bonds is 2. The van der Waals surface area contributed by atoms with Crippen molar-refractivity contribution in [2.75, 3.05) is 0 Å². The second-order valence-corrected chi connectivity index (χ2v) is 5.07. The van der Waals surface area contributed by atoms with Crippen molar-refractivity contribution in [1.29, 1.82) is 5.26 Å². The van der Waals surface area contributed by atoms with Crippen LogP contribution in [0.4, 0.5) is 0 Å². The lowest BCUT2D eigenvalue weighted by Crippen LogP contribution is -2.52. The molecule has 1 aliphatic rings. The van der Waals surface area contributed by atoms with Crippen molar-refractivity contribution in [2.45, 2.75) is 24.8 Å². The predicted molar refractivity (Wildman–Crippen MR) is 62.8 cm³/mol. The van der Waals surface area contributed by atoms with Crippen LogP contribution in [0.25, 0.3) is 0 Å². The Morgan fingerprint density at radius 1 is 1.69 bits per heavy atom. The van der Waals surface area contributed by atoms with Gasteiger partial charge in [0.15, 0.2) is 0 Å². The van der Waals surface area contributed by atoms with Gasteiger partial charge < -0.3 is 9.88 Å². The van der Waals surface area contributed by atoms with Crippen LogP contribution in [0.1, 0.15) is 29.8 Å². The summed E-state index contributed by atoms with van der Waals surface area (Å²) in [6.07, 6.45) is 4.32. The Hall–Kier alpha value is -1.28. The molecular formula is C11H12BrN3O. The summed E-state index contributed by atoms with van der Waals surface area (Å²) in [5.74, 6) is -0.186. The van der Waals surface area contributed by atoms with Gasteiger partial charge in [-0.25, -0.2) is 0 Å². The van der Waals surface area contributed by atoms with E-state index in [9.17, 15) is 4.79 Å². The molecule has 1 aromatic rings. The maximum Gasteiger partial charge on any atom is 0.269 e. The highest BCUT2D eigenvalue weighted by atomic mass is 79.9. The quantitative estimate of drug-likeness (QED) is 0.901. The molecule has 1 aliphatic carbocycles. The first-order valence-corrected chi connectivity index (χ1v) is 5.91. The Balaban J connectivity index is 2.15. The minimum Gasteiger partial charge on any atom is -0.345 e. The van der Waals surface area contributed by atoms with Gasteiger partial charge in [-0.1, -0.05) is 0 Å². The van der Waals surface area contributed by atoms with Gasteiger partial charge in [0.05, 0.1) is 6.07 Å². The summed E-state index contributed by atoms with van der Waals surface area (Å²) in [7, 11) is 1.81. The SMILES string of the molecule is Cn1cc(Br)cc1C(=O)NC1(C#N)CCC1. The second-order valence-electron chi connectivity index (χ2n) is 4.16. The molecule has 0 aromatic carbocycles. The number of carbonyl (C=O) groups excluding carboxylic acids is 1. The van der Waals surface area contributed by atoms with E-state index < -0.39 is 5.54 Å². The molecule has 84 valence electrons. The summed E-state index contributed by atoms with van der Waals surface area (Å²) in [4.78, 5) is 11.9. The van der Waals surface area contributed by atoms with Crippen molar-refractivity contribution in [3.05, 3.63) is 22.4 Å². The van der Waals surface area contributed by atoms with E-state index in [0.29, 0.717) is 5.69 Å². The van der Waals surface area contributed by atoms with Crippen molar-refractivity contribution >= 4 is 21.8 Å². The molecule has 0 saturated heterocycles. The van der Waals surface area contributed by atoms with Crippen LogP contribution in [0.3, 0.4) is 0 Å². The molecule has 0 aliphatic heterocycles. The highest BCUT2D eigenvalue weighted by Crippen LogP contribution is 2.31. The minimum absolute atomic E-state index is 0.186. The summed E-state index contributed by atoms with van der Waals surface area (Å²) in [5.41, 5.74) is -0.0678. The number of nitrogens with zero attached hydrogens (tertiary/aromatic N) is 2. The highest BCUT2D eigenvalue weighted by Gasteiger charge is 2.39. The fourth-order valence-corrected chi connectivity index (χ4v) is 2.35. The smallest absolute Gasteiger partial charge is 0.269 e. The number of hydrogen-bond acceptors (Lipinski definition) is 2. The third-order valence-corrected chi connectivity index (χ3v) is 3.41. The lowest BCUT2D eigenvalue weighted by Gasteiger charge is -2.35. The molecule has 1 saturated carbocycles. The van der Waals surface area contributed by atoms with Crippen LogP contribution in [-0.4, -0.2) is 16.0 Å². The fraction of sp³-hybridized carbons (Fsp3) is 0.455. The fourth-order valence-electron chi connectivity index (χ4n) is 1.83. The molecular weight excluding hydrogens is 270 g/mol. The van der Waals surface area contributed by atoms with E-state index in [2.05, 4.69) is 27.3 Å². The average molecular weight is 282 g/mol. The molecule has 1 heterocycles. The topological polar surface area (TPSA) is 57.8 Å². The molecule has 1 aromatic heterocycles. The molecule has 2 rings (SSSR count). The van der Waals surface area contributed by atoms with Gasteiger partial charge in [0.2, 0.25) is 0 Å². The monoisotopic (exact) mass is 281 g/mol. The van der Waals surface area contributed by atoms with E-state index in [1.807, 2.05) is 6.20 Å². The zero-order valence-corrected chi connectivity index (χ0v) is 10.5. The molecule has 0 bridgehead atoms. The molecule has 0 atom stereocenters. The van der Waals surface area contributed by atoms with Crippen LogP contribution in [0.5, 0.6) is 0 Å². The van der Waals surface area contributed by atoms with Crippen LogP contribution in [0, 0.1) is 11.3 Å². The van der Waals surface area contributed by atoms with E-state index in [0.717, 1.165) is 23.7 Å². The van der Waals surface area contributed by atoms with Gasteiger partial charge >= 0.3 is 0 Å². The lowest BCUT2D eigenvalue weighted by molar-refractivity contribution is 0.0873. The number of aryl methyl sites for hydroxylation is 1. The maximum absolute atomic E-state index is 11.9. The summed E-state index contributed by atoms with van der Waals surface area (Å²) < 4.78 is 2.60. The number of aromatic nitrogens is 1. The standard InChI is InChI=1S/C11H12BrN3O/c1-15-6-8(12)5-9(15)10(16)14-11(7-13)3-2-4-11/h5-6H,2-4H2,1H3,(H,14,16). The average Bonchev–Trinajstić information content (AvgIpc) is 2.51. The van der Waals surface area contributed by atoms with Crippen LogP contribution in [0.15, 0.2) is 16.7 Å². The van der Waals surface area contributed by atoms with Crippen molar-refractivity contribution < 1.29 is 4.79 Å². The third kappa shape index (κ3) is 1.85. The van der Waals surface area contributed by atoms with Crippen molar-refractivity contribution in [3.8, 4) is 6.07 Å². The summed E-state index contributed by atoms with van der Waals surface area (Å²) in [6.45, 7) is 0. The number of halogens is 1. The van der Waals surface area contributed by atoms with Gasteiger partial charge in [-0.3, -0.25) is 4.79 Å². The molecule has 16 heavy (non-hydrogen) atoms. The summed E-state index contributed by atoms with van der Waals surface area (Å²) >= 11 is 3.31. The van der Waals surface area contributed by atoms with Crippen LogP contribution < -0.4 is 5.32 Å². The second kappa shape index (κ2) is 3.95. The first-order chi connectivity index (χ1) is 7.56. The first kappa shape index (κ1) is 11.2. The number of nitrogens with one attached hydrogen (secondary N) is 1. The Labute approximate surface area is 102 Å². The van der Waals surface area contributed by atoms with E-state index in [1.165, 1.54) is 0 Å². The zero-order valence-electron chi connectivity index (χ0n) is 8.96. The van der Waals surface area contributed by atoms with Gasteiger partial charge in [0.25, 0.3) is 5.91 Å². The molecule has 1 N–H and O–H groups in total. The summed E-state index contributed by atoms with van der Waals surface area (Å²) in [5, 5.41) is 11.8. The Bertz CT molecular complexity index is 468. The zero-order chi connectivity index (χ0) is 11.8. The van der Waals surface area contributed by atoms with Crippen LogP contribution in [0.2, 0.25) is 0 Å². The molecule has 4 nitrogen and oxygen atoms in total. The number of amides is 1. The Morgan fingerprint density at radius 3 is 2.75 bits per heavy atom. The maximum atomic E-state index is 11.9. The van der Waals surface area contributed by atoms with E-state index in [1.54, 1.807) is 17.7 Å². The van der Waals surface area contributed by atoms with E-state index >= 15 is 0 Å². The minimum atomic E-state index is -0.631. The van der Waals surface area contributed by atoms with Crippen molar-refractivity contribution in [2.24, 2.45) is 7.05 Å². The summed E-state index contributed by atoms with van der Waals surface area (Å²) in [6, 6.07) is 3.94. The number of hydrogen-bond donors (Lipinski definition) is 1. The number of nitriles is 1. The predicted octanol–water partition coefficient (Wildman–Crippen LogP) is 1.96. The molecule has 0 unspecified atom stereocenters. The Morgan fingerprint density at radius 2 is 2.38 bits per heavy atom. The highest BCUT2D eigenvalue weighted by molar-refractivity contribution is 9.10.